The third-order valence-electron chi connectivity index (χ3n) is 2.52. The summed E-state index contributed by atoms with van der Waals surface area (Å²) in [4.78, 5) is 4.15. The van der Waals surface area contributed by atoms with Gasteiger partial charge in [-0.15, -0.1) is 5.10 Å². The largest absolute Gasteiger partial charge is 0.243 e. The van der Waals surface area contributed by atoms with Crippen molar-refractivity contribution < 1.29 is 0 Å². The second-order valence-corrected chi connectivity index (χ2v) is 3.72. The summed E-state index contributed by atoms with van der Waals surface area (Å²) < 4.78 is 1.94. The van der Waals surface area contributed by atoms with Gasteiger partial charge in [0, 0.05) is 12.7 Å². The van der Waals surface area contributed by atoms with Crippen LogP contribution in [0.3, 0.4) is 0 Å². The zero-order chi connectivity index (χ0) is 10.5. The summed E-state index contributed by atoms with van der Waals surface area (Å²) in [5.74, 6) is 0. The summed E-state index contributed by atoms with van der Waals surface area (Å²) in [6, 6.07) is 3.94. The maximum atomic E-state index is 4.15. The predicted octanol–water partition coefficient (Wildman–Crippen LogP) is 2.41. The number of fused-ring (bicyclic) bond motifs is 1. The third-order valence-corrected chi connectivity index (χ3v) is 2.52. The molecule has 2 aromatic heterocycles. The standard InChI is InChI=1S/C11H16N4/c1-2-3-4-5-9-15-10-7-6-8-12-11(10)13-14-15/h6-8H,2-5,9H2,1H3. The number of nitrogens with zero attached hydrogens (tertiary/aromatic N) is 4. The minimum absolute atomic E-state index is 0.744. The van der Waals surface area contributed by atoms with Gasteiger partial charge in [0.1, 0.15) is 5.52 Å². The SMILES string of the molecule is CCCCCCn1nnc2ncccc21. The number of unbranched alkanes of at least 4 members (excludes halogenated alkanes) is 3. The van der Waals surface area contributed by atoms with Gasteiger partial charge in [-0.3, -0.25) is 0 Å². The minimum Gasteiger partial charge on any atom is -0.243 e. The molecule has 0 unspecified atom stereocenters. The van der Waals surface area contributed by atoms with Gasteiger partial charge in [0.05, 0.1) is 0 Å². The Morgan fingerprint density at radius 3 is 3.07 bits per heavy atom. The van der Waals surface area contributed by atoms with Crippen molar-refractivity contribution in [1.82, 2.24) is 20.0 Å². The Morgan fingerprint density at radius 2 is 2.20 bits per heavy atom. The van der Waals surface area contributed by atoms with Crippen molar-refractivity contribution in [1.29, 1.82) is 0 Å². The minimum atomic E-state index is 0.744. The van der Waals surface area contributed by atoms with Crippen molar-refractivity contribution in [2.24, 2.45) is 0 Å². The smallest absolute Gasteiger partial charge is 0.201 e. The number of rotatable bonds is 5. The molecular weight excluding hydrogens is 188 g/mol. The van der Waals surface area contributed by atoms with Crippen LogP contribution in [-0.2, 0) is 6.54 Å². The van der Waals surface area contributed by atoms with Crippen molar-refractivity contribution in [2.45, 2.75) is 39.2 Å². The Bertz CT molecular complexity index is 421. The molecule has 0 atom stereocenters. The first-order valence-electron chi connectivity index (χ1n) is 5.56. The van der Waals surface area contributed by atoms with Crippen LogP contribution in [0.15, 0.2) is 18.3 Å². The lowest BCUT2D eigenvalue weighted by molar-refractivity contribution is 0.539. The van der Waals surface area contributed by atoms with Crippen LogP contribution in [0.25, 0.3) is 11.2 Å². The predicted molar refractivity (Wildman–Crippen MR) is 59.5 cm³/mol. The number of aromatic nitrogens is 4. The molecule has 15 heavy (non-hydrogen) atoms. The van der Waals surface area contributed by atoms with Gasteiger partial charge in [-0.25, -0.2) is 9.67 Å². The quantitative estimate of drug-likeness (QED) is 0.702. The Balaban J connectivity index is 2.02. The summed E-state index contributed by atoms with van der Waals surface area (Å²) in [6.45, 7) is 3.16. The molecule has 0 aromatic carbocycles. The number of pyridine rings is 1. The normalized spacial score (nSPS) is 11.0. The molecule has 80 valence electrons. The van der Waals surface area contributed by atoms with E-state index in [1.807, 2.05) is 16.8 Å². The van der Waals surface area contributed by atoms with E-state index >= 15 is 0 Å². The van der Waals surface area contributed by atoms with E-state index in [2.05, 4.69) is 22.2 Å². The van der Waals surface area contributed by atoms with Crippen LogP contribution in [0.5, 0.6) is 0 Å². The highest BCUT2D eigenvalue weighted by molar-refractivity contribution is 5.68. The first-order chi connectivity index (χ1) is 7.42. The summed E-state index contributed by atoms with van der Waals surface area (Å²) >= 11 is 0. The molecule has 2 rings (SSSR count). The van der Waals surface area contributed by atoms with Gasteiger partial charge in [-0.2, -0.15) is 0 Å². The molecule has 0 bridgehead atoms. The molecule has 4 nitrogen and oxygen atoms in total. The molecule has 0 spiro atoms. The van der Waals surface area contributed by atoms with Crippen LogP contribution in [0.4, 0.5) is 0 Å². The molecule has 0 aliphatic carbocycles. The molecule has 2 aromatic rings. The van der Waals surface area contributed by atoms with E-state index in [-0.39, 0.29) is 0 Å². The summed E-state index contributed by atoms with van der Waals surface area (Å²) in [5.41, 5.74) is 1.78. The average Bonchev–Trinajstić information content (AvgIpc) is 2.68. The molecule has 4 heteroatoms. The van der Waals surface area contributed by atoms with Gasteiger partial charge in [0.2, 0.25) is 5.65 Å². The van der Waals surface area contributed by atoms with Crippen LogP contribution >= 0.6 is 0 Å². The molecule has 2 heterocycles. The summed E-state index contributed by atoms with van der Waals surface area (Å²) in [5, 5.41) is 8.12. The molecule has 0 amide bonds. The van der Waals surface area contributed by atoms with Crippen molar-refractivity contribution >= 4 is 11.2 Å². The first-order valence-corrected chi connectivity index (χ1v) is 5.56. The molecule has 0 aliphatic heterocycles. The monoisotopic (exact) mass is 204 g/mol. The zero-order valence-electron chi connectivity index (χ0n) is 9.06. The van der Waals surface area contributed by atoms with Gasteiger partial charge in [-0.1, -0.05) is 31.4 Å². The highest BCUT2D eigenvalue weighted by Gasteiger charge is 2.02. The zero-order valence-corrected chi connectivity index (χ0v) is 9.06. The summed E-state index contributed by atoms with van der Waals surface area (Å²) in [7, 11) is 0. The molecule has 0 saturated heterocycles. The van der Waals surface area contributed by atoms with Crippen molar-refractivity contribution in [3.8, 4) is 0 Å². The van der Waals surface area contributed by atoms with Gasteiger partial charge in [-0.05, 0) is 18.6 Å². The van der Waals surface area contributed by atoms with Gasteiger partial charge in [0.15, 0.2) is 0 Å². The van der Waals surface area contributed by atoms with Gasteiger partial charge < -0.3 is 0 Å². The second-order valence-electron chi connectivity index (χ2n) is 3.72. The molecular formula is C11H16N4. The first kappa shape index (κ1) is 10.1. The highest BCUT2D eigenvalue weighted by Crippen LogP contribution is 2.08. The molecule has 0 fully saturated rings. The van der Waals surface area contributed by atoms with Gasteiger partial charge >= 0.3 is 0 Å². The summed E-state index contributed by atoms with van der Waals surface area (Å²) in [6.07, 6.45) is 6.74. The lowest BCUT2D eigenvalue weighted by Gasteiger charge is -2.00. The highest BCUT2D eigenvalue weighted by atomic mass is 15.4. The topological polar surface area (TPSA) is 43.6 Å². The van der Waals surface area contributed by atoms with E-state index in [4.69, 9.17) is 0 Å². The Labute approximate surface area is 89.3 Å². The Morgan fingerprint density at radius 1 is 1.27 bits per heavy atom. The molecule has 0 radical (unpaired) electrons. The number of hydrogen-bond acceptors (Lipinski definition) is 3. The third kappa shape index (κ3) is 2.32. The molecule has 0 aliphatic rings. The average molecular weight is 204 g/mol. The van der Waals surface area contributed by atoms with Crippen molar-refractivity contribution in [3.63, 3.8) is 0 Å². The van der Waals surface area contributed by atoms with Crippen LogP contribution in [0.2, 0.25) is 0 Å². The molecule has 0 saturated carbocycles. The van der Waals surface area contributed by atoms with E-state index < -0.39 is 0 Å². The number of aryl methyl sites for hydroxylation is 1. The van der Waals surface area contributed by atoms with E-state index in [1.165, 1.54) is 25.7 Å². The fourth-order valence-electron chi connectivity index (χ4n) is 1.67. The van der Waals surface area contributed by atoms with E-state index in [1.54, 1.807) is 6.20 Å². The van der Waals surface area contributed by atoms with E-state index in [0.29, 0.717) is 0 Å². The Kier molecular flexibility index (Phi) is 3.27. The van der Waals surface area contributed by atoms with Crippen LogP contribution in [0, 0.1) is 0 Å². The maximum absolute atomic E-state index is 4.15. The lowest BCUT2D eigenvalue weighted by atomic mass is 10.2. The fraction of sp³-hybridized carbons (Fsp3) is 0.545. The van der Waals surface area contributed by atoms with E-state index in [0.717, 1.165) is 17.7 Å². The molecule has 0 N–H and O–H groups in total. The van der Waals surface area contributed by atoms with Gasteiger partial charge in [0.25, 0.3) is 0 Å². The van der Waals surface area contributed by atoms with E-state index in [9.17, 15) is 0 Å². The van der Waals surface area contributed by atoms with Crippen molar-refractivity contribution in [3.05, 3.63) is 18.3 Å². The van der Waals surface area contributed by atoms with Crippen LogP contribution in [0.1, 0.15) is 32.6 Å². The fourth-order valence-corrected chi connectivity index (χ4v) is 1.67. The van der Waals surface area contributed by atoms with Crippen molar-refractivity contribution in [2.75, 3.05) is 0 Å². The maximum Gasteiger partial charge on any atom is 0.201 e. The lowest BCUT2D eigenvalue weighted by Crippen LogP contribution is -2.00. The van der Waals surface area contributed by atoms with Crippen LogP contribution < -0.4 is 0 Å². The number of hydrogen-bond donors (Lipinski definition) is 0. The Hall–Kier alpha value is -1.45. The van der Waals surface area contributed by atoms with Crippen LogP contribution in [-0.4, -0.2) is 20.0 Å². The second kappa shape index (κ2) is 4.87.